The van der Waals surface area contributed by atoms with Crippen LogP contribution >= 0.6 is 0 Å². The molecule has 0 aliphatic carbocycles. The lowest BCUT2D eigenvalue weighted by Gasteiger charge is -2.26. The number of benzene rings is 1. The van der Waals surface area contributed by atoms with Gasteiger partial charge in [0.15, 0.2) is 6.61 Å². The number of para-hydroxylation sites is 1. The number of carbonyl (C=O) groups excluding carboxylic acids is 1. The van der Waals surface area contributed by atoms with Crippen LogP contribution in [0.1, 0.15) is 42.8 Å². The highest BCUT2D eigenvalue weighted by molar-refractivity contribution is 5.96. The first-order valence-electron chi connectivity index (χ1n) is 8.58. The van der Waals surface area contributed by atoms with Gasteiger partial charge in [0.2, 0.25) is 11.7 Å². The number of nitrogens with zero attached hydrogens (tertiary/aromatic N) is 3. The minimum Gasteiger partial charge on any atom is -0.485 e. The molecule has 0 radical (unpaired) electrons. The van der Waals surface area contributed by atoms with E-state index in [1.165, 1.54) is 0 Å². The van der Waals surface area contributed by atoms with Crippen LogP contribution in [0.15, 0.2) is 28.8 Å². The first kappa shape index (κ1) is 18.9. The van der Waals surface area contributed by atoms with E-state index in [0.717, 1.165) is 13.1 Å². The number of rotatable bonds is 9. The van der Waals surface area contributed by atoms with Crippen LogP contribution in [-0.2, 0) is 6.61 Å². The van der Waals surface area contributed by atoms with Crippen LogP contribution in [0.5, 0.6) is 5.75 Å². The van der Waals surface area contributed by atoms with E-state index >= 15 is 0 Å². The molecule has 1 aromatic heterocycles. The highest BCUT2D eigenvalue weighted by atomic mass is 16.5. The predicted molar refractivity (Wildman–Crippen MR) is 94.5 cm³/mol. The first-order valence-corrected chi connectivity index (χ1v) is 8.58. The second-order valence-electron chi connectivity index (χ2n) is 5.79. The lowest BCUT2D eigenvalue weighted by molar-refractivity contribution is 0.0933. The van der Waals surface area contributed by atoms with Gasteiger partial charge in [-0.05, 0) is 32.1 Å². The number of ether oxygens (including phenoxy) is 1. The second kappa shape index (κ2) is 9.17. The number of amides is 1. The number of likely N-dealkylation sites (N-methyl/N-ethyl adjacent to an activating group) is 1. The lowest BCUT2D eigenvalue weighted by Crippen LogP contribution is -2.42. The van der Waals surface area contributed by atoms with Crippen molar-refractivity contribution in [1.29, 1.82) is 0 Å². The Labute approximate surface area is 148 Å². The smallest absolute Gasteiger partial charge is 0.255 e. The minimum absolute atomic E-state index is 0.150. The van der Waals surface area contributed by atoms with E-state index in [-0.39, 0.29) is 18.6 Å². The topological polar surface area (TPSA) is 80.5 Å². The van der Waals surface area contributed by atoms with Crippen LogP contribution in [-0.4, -0.2) is 46.6 Å². The minimum atomic E-state index is -0.154. The van der Waals surface area contributed by atoms with E-state index in [0.29, 0.717) is 29.6 Å². The molecule has 0 fully saturated rings. The van der Waals surface area contributed by atoms with Crippen molar-refractivity contribution in [3.63, 3.8) is 0 Å². The molecule has 0 aliphatic heterocycles. The third-order valence-corrected chi connectivity index (χ3v) is 4.05. The fraction of sp³-hybridized carbons (Fsp3) is 0.500. The van der Waals surface area contributed by atoms with Gasteiger partial charge in [-0.25, -0.2) is 0 Å². The molecule has 25 heavy (non-hydrogen) atoms. The van der Waals surface area contributed by atoms with Gasteiger partial charge in [-0.3, -0.25) is 9.69 Å². The zero-order chi connectivity index (χ0) is 18.2. The summed E-state index contributed by atoms with van der Waals surface area (Å²) in [6, 6.07) is 7.42. The monoisotopic (exact) mass is 346 g/mol. The van der Waals surface area contributed by atoms with Gasteiger partial charge in [-0.2, -0.15) is 4.98 Å². The predicted octanol–water partition coefficient (Wildman–Crippen LogP) is 2.42. The maximum Gasteiger partial charge on any atom is 0.255 e. The summed E-state index contributed by atoms with van der Waals surface area (Å²) in [5.74, 6) is 1.27. The van der Waals surface area contributed by atoms with Crippen LogP contribution in [0.4, 0.5) is 0 Å². The van der Waals surface area contributed by atoms with E-state index in [4.69, 9.17) is 9.26 Å². The van der Waals surface area contributed by atoms with Crippen molar-refractivity contribution >= 4 is 5.91 Å². The lowest BCUT2D eigenvalue weighted by atomic mass is 10.2. The van der Waals surface area contributed by atoms with Crippen LogP contribution in [0.25, 0.3) is 0 Å². The molecule has 2 aromatic rings. The van der Waals surface area contributed by atoms with E-state index in [2.05, 4.69) is 41.1 Å². The molecule has 0 saturated carbocycles. The van der Waals surface area contributed by atoms with Gasteiger partial charge < -0.3 is 14.6 Å². The van der Waals surface area contributed by atoms with Gasteiger partial charge in [-0.15, -0.1) is 0 Å². The molecular weight excluding hydrogens is 320 g/mol. The van der Waals surface area contributed by atoms with E-state index in [1.807, 2.05) is 12.1 Å². The molecule has 0 saturated heterocycles. The Balaban J connectivity index is 1.97. The van der Waals surface area contributed by atoms with Crippen molar-refractivity contribution in [2.45, 2.75) is 40.3 Å². The number of carbonyl (C=O) groups is 1. The highest BCUT2D eigenvalue weighted by Crippen LogP contribution is 2.19. The van der Waals surface area contributed by atoms with Crippen molar-refractivity contribution in [3.8, 4) is 5.75 Å². The second-order valence-corrected chi connectivity index (χ2v) is 5.79. The molecule has 2 rings (SSSR count). The molecule has 1 heterocycles. The number of hydrogen-bond acceptors (Lipinski definition) is 6. The van der Waals surface area contributed by atoms with E-state index in [9.17, 15) is 4.79 Å². The molecule has 0 bridgehead atoms. The fourth-order valence-electron chi connectivity index (χ4n) is 2.63. The summed E-state index contributed by atoms with van der Waals surface area (Å²) in [4.78, 5) is 18.9. The van der Waals surface area contributed by atoms with E-state index < -0.39 is 0 Å². The van der Waals surface area contributed by atoms with Gasteiger partial charge in [-0.1, -0.05) is 31.1 Å². The summed E-state index contributed by atoms with van der Waals surface area (Å²) in [7, 11) is 0. The molecule has 7 nitrogen and oxygen atoms in total. The van der Waals surface area contributed by atoms with Crippen LogP contribution in [0.3, 0.4) is 0 Å². The number of aryl methyl sites for hydroxylation is 1. The molecule has 1 N–H and O–H groups in total. The van der Waals surface area contributed by atoms with Gasteiger partial charge in [0, 0.05) is 19.5 Å². The molecular formula is C18H26N4O3. The van der Waals surface area contributed by atoms with E-state index in [1.54, 1.807) is 19.1 Å². The van der Waals surface area contributed by atoms with Crippen molar-refractivity contribution < 1.29 is 14.1 Å². The first-order chi connectivity index (χ1) is 12.0. The number of hydrogen-bond donors (Lipinski definition) is 1. The maximum absolute atomic E-state index is 12.5. The molecule has 1 unspecified atom stereocenters. The molecule has 136 valence electrons. The summed E-state index contributed by atoms with van der Waals surface area (Å²) in [5.41, 5.74) is 0.495. The molecule has 1 aromatic carbocycles. The third-order valence-electron chi connectivity index (χ3n) is 4.05. The normalized spacial score (nSPS) is 12.2. The van der Waals surface area contributed by atoms with Crippen LogP contribution in [0, 0.1) is 6.92 Å². The Morgan fingerprint density at radius 2 is 2.04 bits per heavy atom. The van der Waals surface area contributed by atoms with Crippen molar-refractivity contribution in [3.05, 3.63) is 41.5 Å². The summed E-state index contributed by atoms with van der Waals surface area (Å²) in [5, 5.41) is 6.77. The van der Waals surface area contributed by atoms with Gasteiger partial charge >= 0.3 is 0 Å². The molecule has 7 heteroatoms. The SMILES string of the molecule is CCN(CC)C(C)CNC(=O)c1ccccc1OCc1noc(C)n1. The van der Waals surface area contributed by atoms with Crippen molar-refractivity contribution in [1.82, 2.24) is 20.4 Å². The van der Waals surface area contributed by atoms with Gasteiger partial charge in [0.1, 0.15) is 5.75 Å². The summed E-state index contributed by atoms with van der Waals surface area (Å²) in [6.07, 6.45) is 0. The summed E-state index contributed by atoms with van der Waals surface area (Å²) >= 11 is 0. The zero-order valence-electron chi connectivity index (χ0n) is 15.3. The number of aromatic nitrogens is 2. The van der Waals surface area contributed by atoms with Crippen molar-refractivity contribution in [2.24, 2.45) is 0 Å². The molecule has 0 aliphatic rings. The standard InChI is InChI=1S/C18H26N4O3/c1-5-22(6-2)13(3)11-19-18(23)15-9-7-8-10-16(15)24-12-17-20-14(4)25-21-17/h7-10,13H,5-6,11-12H2,1-4H3,(H,19,23). The van der Waals surface area contributed by atoms with Gasteiger partial charge in [0.05, 0.1) is 5.56 Å². The largest absolute Gasteiger partial charge is 0.485 e. The Kier molecular flexibility index (Phi) is 6.94. The molecule has 1 amide bonds. The molecule has 0 spiro atoms. The summed E-state index contributed by atoms with van der Waals surface area (Å²) in [6.45, 7) is 10.7. The van der Waals surface area contributed by atoms with Crippen molar-refractivity contribution in [2.75, 3.05) is 19.6 Å². The van der Waals surface area contributed by atoms with Crippen LogP contribution < -0.4 is 10.1 Å². The Hall–Kier alpha value is -2.41. The third kappa shape index (κ3) is 5.29. The maximum atomic E-state index is 12.5. The molecule has 1 atom stereocenters. The fourth-order valence-corrected chi connectivity index (χ4v) is 2.63. The average molecular weight is 346 g/mol. The Bertz CT molecular complexity index is 682. The zero-order valence-corrected chi connectivity index (χ0v) is 15.3. The van der Waals surface area contributed by atoms with Gasteiger partial charge in [0.25, 0.3) is 5.91 Å². The highest BCUT2D eigenvalue weighted by Gasteiger charge is 2.16. The summed E-state index contributed by atoms with van der Waals surface area (Å²) < 4.78 is 10.6. The average Bonchev–Trinajstić information content (AvgIpc) is 3.04. The number of nitrogens with one attached hydrogen (secondary N) is 1. The Morgan fingerprint density at radius 3 is 2.68 bits per heavy atom. The Morgan fingerprint density at radius 1 is 1.32 bits per heavy atom. The van der Waals surface area contributed by atoms with Crippen LogP contribution in [0.2, 0.25) is 0 Å². The quantitative estimate of drug-likeness (QED) is 0.751.